The summed E-state index contributed by atoms with van der Waals surface area (Å²) < 4.78 is 10.5. The molecule has 0 saturated carbocycles. The molecule has 0 aliphatic carbocycles. The van der Waals surface area contributed by atoms with E-state index in [4.69, 9.17) is 9.47 Å². The van der Waals surface area contributed by atoms with Crippen molar-refractivity contribution in [2.75, 3.05) is 33.4 Å². The Morgan fingerprint density at radius 1 is 1.15 bits per heavy atom. The molecule has 0 heterocycles. The van der Waals surface area contributed by atoms with Crippen LogP contribution in [0.4, 0.5) is 0 Å². The molecule has 1 aromatic carbocycles. The minimum Gasteiger partial charge on any atom is -0.491 e. The quantitative estimate of drug-likeness (QED) is 0.433. The van der Waals surface area contributed by atoms with E-state index in [1.54, 1.807) is 7.11 Å². The number of aliphatic imine (C=N–C) groups is 1. The van der Waals surface area contributed by atoms with Gasteiger partial charge in [0.05, 0.1) is 13.2 Å². The highest BCUT2D eigenvalue weighted by atomic mass is 16.5. The van der Waals surface area contributed by atoms with E-state index in [0.29, 0.717) is 19.8 Å². The zero-order chi connectivity index (χ0) is 14.6. The van der Waals surface area contributed by atoms with E-state index in [-0.39, 0.29) is 0 Å². The lowest BCUT2D eigenvalue weighted by Crippen LogP contribution is -2.36. The molecule has 0 amide bonds. The van der Waals surface area contributed by atoms with E-state index in [2.05, 4.69) is 29.5 Å². The van der Waals surface area contributed by atoms with Crippen LogP contribution < -0.4 is 15.4 Å². The summed E-state index contributed by atoms with van der Waals surface area (Å²) in [6, 6.07) is 7.97. The van der Waals surface area contributed by atoms with Gasteiger partial charge in [-0.05, 0) is 31.5 Å². The molecule has 0 spiro atoms. The summed E-state index contributed by atoms with van der Waals surface area (Å²) in [7, 11) is 1.66. The Balaban J connectivity index is 2.57. The molecule has 0 radical (unpaired) electrons. The third-order valence-electron chi connectivity index (χ3n) is 2.56. The fourth-order valence-corrected chi connectivity index (χ4v) is 1.66. The average molecular weight is 279 g/mol. The number of methoxy groups -OCH3 is 1. The van der Waals surface area contributed by atoms with E-state index in [9.17, 15) is 0 Å². The molecule has 112 valence electrons. The largest absolute Gasteiger partial charge is 0.491 e. The Bertz CT molecular complexity index is 400. The van der Waals surface area contributed by atoms with Crippen LogP contribution in [0.1, 0.15) is 19.4 Å². The molecule has 0 atom stereocenters. The predicted octanol–water partition coefficient (Wildman–Crippen LogP) is 1.79. The molecule has 1 rings (SSSR count). The zero-order valence-electron chi connectivity index (χ0n) is 12.6. The van der Waals surface area contributed by atoms with Gasteiger partial charge in [-0.2, -0.15) is 0 Å². The standard InChI is InChI=1S/C15H25N3O2/c1-4-16-15(17-5-2)18-12-13-7-6-8-14(11-13)20-10-9-19-3/h6-8,11H,4-5,9-10,12H2,1-3H3,(H2,16,17,18). The van der Waals surface area contributed by atoms with Crippen LogP contribution in [0.25, 0.3) is 0 Å². The summed E-state index contributed by atoms with van der Waals surface area (Å²) in [5.74, 6) is 1.68. The van der Waals surface area contributed by atoms with Crippen LogP contribution in [-0.2, 0) is 11.3 Å². The molecular formula is C15H25N3O2. The van der Waals surface area contributed by atoms with Crippen molar-refractivity contribution in [2.24, 2.45) is 4.99 Å². The van der Waals surface area contributed by atoms with Gasteiger partial charge in [0, 0.05) is 20.2 Å². The Hall–Kier alpha value is -1.75. The van der Waals surface area contributed by atoms with Gasteiger partial charge >= 0.3 is 0 Å². The highest BCUT2D eigenvalue weighted by Gasteiger charge is 1.98. The van der Waals surface area contributed by atoms with Crippen molar-refractivity contribution in [3.63, 3.8) is 0 Å². The first-order valence-electron chi connectivity index (χ1n) is 7.03. The predicted molar refractivity (Wildman–Crippen MR) is 82.3 cm³/mol. The summed E-state index contributed by atoms with van der Waals surface area (Å²) in [6.45, 7) is 7.58. The van der Waals surface area contributed by atoms with Gasteiger partial charge in [0.2, 0.25) is 0 Å². The second kappa shape index (κ2) is 10.1. The maximum Gasteiger partial charge on any atom is 0.191 e. The molecule has 5 heteroatoms. The van der Waals surface area contributed by atoms with Crippen molar-refractivity contribution in [3.8, 4) is 5.75 Å². The van der Waals surface area contributed by atoms with Gasteiger partial charge in [-0.3, -0.25) is 0 Å². The first-order chi connectivity index (χ1) is 9.80. The van der Waals surface area contributed by atoms with E-state index in [1.807, 2.05) is 24.3 Å². The van der Waals surface area contributed by atoms with Crippen molar-refractivity contribution in [2.45, 2.75) is 20.4 Å². The molecule has 20 heavy (non-hydrogen) atoms. The molecule has 1 aromatic rings. The summed E-state index contributed by atoms with van der Waals surface area (Å²) in [4.78, 5) is 4.53. The van der Waals surface area contributed by atoms with Crippen molar-refractivity contribution in [1.29, 1.82) is 0 Å². The van der Waals surface area contributed by atoms with Crippen LogP contribution in [0, 0.1) is 0 Å². The molecule has 0 saturated heterocycles. The number of nitrogens with one attached hydrogen (secondary N) is 2. The second-order valence-corrected chi connectivity index (χ2v) is 4.21. The number of benzene rings is 1. The second-order valence-electron chi connectivity index (χ2n) is 4.21. The summed E-state index contributed by atoms with van der Waals surface area (Å²) in [5, 5.41) is 6.40. The van der Waals surface area contributed by atoms with Gasteiger partial charge in [0.15, 0.2) is 5.96 Å². The smallest absolute Gasteiger partial charge is 0.191 e. The first-order valence-corrected chi connectivity index (χ1v) is 7.03. The monoisotopic (exact) mass is 279 g/mol. The number of rotatable bonds is 8. The molecular weight excluding hydrogens is 254 g/mol. The normalized spacial score (nSPS) is 9.95. The number of hydrogen-bond acceptors (Lipinski definition) is 3. The maximum atomic E-state index is 5.58. The minimum absolute atomic E-state index is 0.559. The van der Waals surface area contributed by atoms with Crippen molar-refractivity contribution < 1.29 is 9.47 Å². The molecule has 0 aromatic heterocycles. The number of guanidine groups is 1. The molecule has 0 fully saturated rings. The number of hydrogen-bond donors (Lipinski definition) is 2. The Morgan fingerprint density at radius 2 is 1.90 bits per heavy atom. The van der Waals surface area contributed by atoms with Crippen LogP contribution in [0.15, 0.2) is 29.3 Å². The van der Waals surface area contributed by atoms with Gasteiger partial charge in [-0.15, -0.1) is 0 Å². The molecule has 0 aliphatic heterocycles. The molecule has 2 N–H and O–H groups in total. The van der Waals surface area contributed by atoms with Gasteiger partial charge in [0.25, 0.3) is 0 Å². The number of ether oxygens (including phenoxy) is 2. The lowest BCUT2D eigenvalue weighted by Gasteiger charge is -2.10. The van der Waals surface area contributed by atoms with Crippen LogP contribution >= 0.6 is 0 Å². The van der Waals surface area contributed by atoms with Crippen LogP contribution in [-0.4, -0.2) is 39.4 Å². The SMILES string of the molecule is CCNC(=NCc1cccc(OCCOC)c1)NCC. The molecule has 0 bridgehead atoms. The lowest BCUT2D eigenvalue weighted by molar-refractivity contribution is 0.146. The summed E-state index contributed by atoms with van der Waals surface area (Å²) >= 11 is 0. The maximum absolute atomic E-state index is 5.58. The van der Waals surface area contributed by atoms with E-state index in [0.717, 1.165) is 30.4 Å². The third-order valence-corrected chi connectivity index (χ3v) is 2.56. The Morgan fingerprint density at radius 3 is 2.55 bits per heavy atom. The van der Waals surface area contributed by atoms with Crippen molar-refractivity contribution >= 4 is 5.96 Å². The zero-order valence-corrected chi connectivity index (χ0v) is 12.6. The van der Waals surface area contributed by atoms with Crippen LogP contribution in [0.3, 0.4) is 0 Å². The summed E-state index contributed by atoms with van der Waals surface area (Å²) in [6.07, 6.45) is 0. The highest BCUT2D eigenvalue weighted by molar-refractivity contribution is 5.79. The van der Waals surface area contributed by atoms with E-state index >= 15 is 0 Å². The van der Waals surface area contributed by atoms with Gasteiger partial charge in [-0.25, -0.2) is 4.99 Å². The topological polar surface area (TPSA) is 54.9 Å². The van der Waals surface area contributed by atoms with Gasteiger partial charge in [0.1, 0.15) is 12.4 Å². The van der Waals surface area contributed by atoms with Crippen molar-refractivity contribution in [1.82, 2.24) is 10.6 Å². The highest BCUT2D eigenvalue weighted by Crippen LogP contribution is 2.13. The molecule has 0 unspecified atom stereocenters. The lowest BCUT2D eigenvalue weighted by atomic mass is 10.2. The van der Waals surface area contributed by atoms with Gasteiger partial charge in [-0.1, -0.05) is 12.1 Å². The Kier molecular flexibility index (Phi) is 8.22. The average Bonchev–Trinajstić information content (AvgIpc) is 2.46. The molecule has 5 nitrogen and oxygen atoms in total. The molecule has 0 aliphatic rings. The third kappa shape index (κ3) is 6.43. The minimum atomic E-state index is 0.559. The van der Waals surface area contributed by atoms with E-state index in [1.165, 1.54) is 0 Å². The summed E-state index contributed by atoms with van der Waals surface area (Å²) in [5.41, 5.74) is 1.12. The van der Waals surface area contributed by atoms with E-state index < -0.39 is 0 Å². The van der Waals surface area contributed by atoms with Crippen LogP contribution in [0.2, 0.25) is 0 Å². The first kappa shape index (κ1) is 16.3. The fraction of sp³-hybridized carbons (Fsp3) is 0.533. The Labute approximate surface area is 121 Å². The fourth-order valence-electron chi connectivity index (χ4n) is 1.66. The number of nitrogens with zero attached hydrogens (tertiary/aromatic N) is 1. The van der Waals surface area contributed by atoms with Gasteiger partial charge < -0.3 is 20.1 Å². The van der Waals surface area contributed by atoms with Crippen LogP contribution in [0.5, 0.6) is 5.75 Å². The van der Waals surface area contributed by atoms with Crippen molar-refractivity contribution in [3.05, 3.63) is 29.8 Å².